The first kappa shape index (κ1) is 13.5. The Morgan fingerprint density at radius 2 is 1.84 bits per heavy atom. The normalized spacial score (nSPS) is 11.8. The minimum Gasteiger partial charge on any atom is -0.330 e. The lowest BCUT2D eigenvalue weighted by molar-refractivity contribution is -0.145. The molecule has 0 atom stereocenters. The fourth-order valence-corrected chi connectivity index (χ4v) is 1.57. The third-order valence-electron chi connectivity index (χ3n) is 2.42. The fourth-order valence-electron chi connectivity index (χ4n) is 1.57. The second-order valence-electron chi connectivity index (χ2n) is 3.99. The van der Waals surface area contributed by atoms with E-state index in [1.54, 1.807) is 12.1 Å². The van der Waals surface area contributed by atoms with Crippen LogP contribution in [0.5, 0.6) is 0 Å². The summed E-state index contributed by atoms with van der Waals surface area (Å²) in [4.78, 5) is 0.531. The first-order valence-corrected chi connectivity index (χ1v) is 5.62. The average molecular weight is 271 g/mol. The second kappa shape index (κ2) is 5.35. The second-order valence-corrected chi connectivity index (χ2v) is 3.99. The van der Waals surface area contributed by atoms with Crippen LogP contribution in [0.2, 0.25) is 0 Å². The summed E-state index contributed by atoms with van der Waals surface area (Å²) in [7, 11) is 0. The summed E-state index contributed by atoms with van der Waals surface area (Å²) in [5.74, 6) is 0.170. The minimum atomic E-state index is -4.36. The number of nitrogens with zero attached hydrogens (tertiary/aromatic N) is 4. The summed E-state index contributed by atoms with van der Waals surface area (Å²) in [5, 5.41) is 10.7. The molecule has 0 aliphatic heterocycles. The first-order valence-electron chi connectivity index (χ1n) is 5.62. The van der Waals surface area contributed by atoms with E-state index in [4.69, 9.17) is 5.73 Å². The smallest absolute Gasteiger partial charge is 0.330 e. The molecule has 0 bridgehead atoms. The van der Waals surface area contributed by atoms with Gasteiger partial charge in [0.15, 0.2) is 6.54 Å². The third kappa shape index (κ3) is 3.75. The van der Waals surface area contributed by atoms with Crippen LogP contribution in [-0.4, -0.2) is 32.9 Å². The van der Waals surface area contributed by atoms with Crippen LogP contribution >= 0.6 is 0 Å². The van der Waals surface area contributed by atoms with Gasteiger partial charge in [0.25, 0.3) is 0 Å². The van der Waals surface area contributed by atoms with E-state index in [2.05, 4.69) is 15.4 Å². The molecule has 0 amide bonds. The Balaban J connectivity index is 2.13. The van der Waals surface area contributed by atoms with Gasteiger partial charge < -0.3 is 5.73 Å². The summed E-state index contributed by atoms with van der Waals surface area (Å²) < 4.78 is 36.5. The lowest BCUT2D eigenvalue weighted by atomic mass is 10.1. The van der Waals surface area contributed by atoms with E-state index in [1.807, 2.05) is 12.1 Å². The van der Waals surface area contributed by atoms with Gasteiger partial charge in [-0.2, -0.15) is 18.0 Å². The zero-order valence-corrected chi connectivity index (χ0v) is 9.93. The number of aromatic nitrogens is 4. The van der Waals surface area contributed by atoms with E-state index in [1.165, 1.54) is 0 Å². The van der Waals surface area contributed by atoms with Crippen LogP contribution in [0, 0.1) is 0 Å². The summed E-state index contributed by atoms with van der Waals surface area (Å²) in [6.07, 6.45) is -3.61. The van der Waals surface area contributed by atoms with Crippen LogP contribution in [0.1, 0.15) is 5.56 Å². The predicted molar refractivity (Wildman–Crippen MR) is 62.1 cm³/mol. The Morgan fingerprint density at radius 1 is 1.16 bits per heavy atom. The molecule has 2 N–H and O–H groups in total. The van der Waals surface area contributed by atoms with E-state index < -0.39 is 12.7 Å². The van der Waals surface area contributed by atoms with Crippen molar-refractivity contribution in [3.63, 3.8) is 0 Å². The molecular weight excluding hydrogens is 259 g/mol. The molecule has 0 aliphatic carbocycles. The van der Waals surface area contributed by atoms with Crippen LogP contribution < -0.4 is 5.73 Å². The third-order valence-corrected chi connectivity index (χ3v) is 2.42. The van der Waals surface area contributed by atoms with Crippen molar-refractivity contribution in [3.8, 4) is 11.4 Å². The highest BCUT2D eigenvalue weighted by molar-refractivity contribution is 5.54. The average Bonchev–Trinajstić information content (AvgIpc) is 2.76. The molecule has 0 unspecified atom stereocenters. The zero-order chi connectivity index (χ0) is 13.9. The van der Waals surface area contributed by atoms with Crippen molar-refractivity contribution in [2.45, 2.75) is 19.1 Å². The molecule has 2 aromatic rings. The number of hydrogen-bond acceptors (Lipinski definition) is 4. The van der Waals surface area contributed by atoms with Crippen molar-refractivity contribution in [1.82, 2.24) is 20.2 Å². The van der Waals surface area contributed by atoms with Crippen molar-refractivity contribution < 1.29 is 13.2 Å². The van der Waals surface area contributed by atoms with Crippen molar-refractivity contribution in [3.05, 3.63) is 29.8 Å². The Kier molecular flexibility index (Phi) is 3.79. The lowest BCUT2D eigenvalue weighted by Gasteiger charge is -2.03. The van der Waals surface area contributed by atoms with Gasteiger partial charge in [-0.25, -0.2) is 0 Å². The van der Waals surface area contributed by atoms with Crippen LogP contribution in [0.3, 0.4) is 0 Å². The van der Waals surface area contributed by atoms with E-state index in [-0.39, 0.29) is 5.82 Å². The largest absolute Gasteiger partial charge is 0.409 e. The molecule has 2 rings (SSSR count). The molecule has 0 aliphatic rings. The highest BCUT2D eigenvalue weighted by Gasteiger charge is 2.29. The molecule has 0 spiro atoms. The maximum absolute atomic E-state index is 12.2. The quantitative estimate of drug-likeness (QED) is 0.912. The summed E-state index contributed by atoms with van der Waals surface area (Å²) >= 11 is 0. The maximum Gasteiger partial charge on any atom is 0.409 e. The van der Waals surface area contributed by atoms with Crippen LogP contribution in [-0.2, 0) is 13.0 Å². The molecule has 0 saturated heterocycles. The Hall–Kier alpha value is -1.96. The van der Waals surface area contributed by atoms with Gasteiger partial charge in [0.05, 0.1) is 0 Å². The highest BCUT2D eigenvalue weighted by atomic mass is 19.4. The monoisotopic (exact) mass is 271 g/mol. The van der Waals surface area contributed by atoms with E-state index in [0.717, 1.165) is 12.0 Å². The van der Waals surface area contributed by atoms with Gasteiger partial charge in [-0.1, -0.05) is 24.3 Å². The van der Waals surface area contributed by atoms with Gasteiger partial charge in [-0.15, -0.1) is 10.2 Å². The van der Waals surface area contributed by atoms with Crippen molar-refractivity contribution >= 4 is 0 Å². The predicted octanol–water partition coefficient (Wildman–Crippen LogP) is 1.40. The molecule has 0 radical (unpaired) electrons. The van der Waals surface area contributed by atoms with Gasteiger partial charge in [0.1, 0.15) is 0 Å². The Bertz CT molecular complexity index is 532. The number of rotatable bonds is 4. The standard InChI is InChI=1S/C11H12F3N5/c12-11(13,14)7-19-17-10(16-18-19)9-3-1-8(2-4-9)5-6-15/h1-4H,5-7,15H2. The van der Waals surface area contributed by atoms with Crippen LogP contribution in [0.4, 0.5) is 13.2 Å². The zero-order valence-electron chi connectivity index (χ0n) is 9.93. The van der Waals surface area contributed by atoms with Crippen LogP contribution in [0.25, 0.3) is 11.4 Å². The van der Waals surface area contributed by atoms with Crippen molar-refractivity contribution in [1.29, 1.82) is 0 Å². The molecular formula is C11H12F3N5. The molecule has 0 fully saturated rings. The highest BCUT2D eigenvalue weighted by Crippen LogP contribution is 2.18. The lowest BCUT2D eigenvalue weighted by Crippen LogP contribution is -2.19. The summed E-state index contributed by atoms with van der Waals surface area (Å²) in [5.41, 5.74) is 7.10. The van der Waals surface area contributed by atoms with E-state index >= 15 is 0 Å². The SMILES string of the molecule is NCCc1ccc(-c2nnn(CC(F)(F)F)n2)cc1. The molecule has 1 heterocycles. The molecule has 8 heteroatoms. The van der Waals surface area contributed by atoms with Gasteiger partial charge in [-0.05, 0) is 23.7 Å². The molecule has 1 aromatic carbocycles. The topological polar surface area (TPSA) is 69.6 Å². The number of alkyl halides is 3. The van der Waals surface area contributed by atoms with Crippen molar-refractivity contribution in [2.24, 2.45) is 5.73 Å². The van der Waals surface area contributed by atoms with Crippen molar-refractivity contribution in [2.75, 3.05) is 6.54 Å². The van der Waals surface area contributed by atoms with Gasteiger partial charge in [0, 0.05) is 5.56 Å². The first-order chi connectivity index (χ1) is 8.98. The van der Waals surface area contributed by atoms with Gasteiger partial charge >= 0.3 is 6.18 Å². The molecule has 5 nitrogen and oxygen atoms in total. The fraction of sp³-hybridized carbons (Fsp3) is 0.364. The molecule has 0 saturated carbocycles. The summed E-state index contributed by atoms with van der Waals surface area (Å²) in [6.45, 7) is -0.704. The number of hydrogen-bond donors (Lipinski definition) is 1. The Labute approximate surface area is 107 Å². The number of tetrazole rings is 1. The number of benzene rings is 1. The molecule has 19 heavy (non-hydrogen) atoms. The maximum atomic E-state index is 12.2. The number of halogens is 3. The van der Waals surface area contributed by atoms with E-state index in [0.29, 0.717) is 16.9 Å². The molecule has 1 aromatic heterocycles. The molecule has 102 valence electrons. The van der Waals surface area contributed by atoms with Crippen LogP contribution in [0.15, 0.2) is 24.3 Å². The number of nitrogens with two attached hydrogens (primary N) is 1. The van der Waals surface area contributed by atoms with Gasteiger partial charge in [0.2, 0.25) is 5.82 Å². The summed E-state index contributed by atoms with van der Waals surface area (Å²) in [6, 6.07) is 7.15. The minimum absolute atomic E-state index is 0.170. The van der Waals surface area contributed by atoms with E-state index in [9.17, 15) is 13.2 Å². The van der Waals surface area contributed by atoms with Gasteiger partial charge in [-0.3, -0.25) is 0 Å². The Morgan fingerprint density at radius 3 is 2.42 bits per heavy atom.